The second-order valence-electron chi connectivity index (χ2n) is 7.27. The highest BCUT2D eigenvalue weighted by Gasteiger charge is 2.17. The highest BCUT2D eigenvalue weighted by atomic mass is 79.9. The number of halogens is 1. The zero-order valence-corrected chi connectivity index (χ0v) is 19.8. The summed E-state index contributed by atoms with van der Waals surface area (Å²) in [5.74, 6) is 4.04. The van der Waals surface area contributed by atoms with Crippen LogP contribution in [0, 0.1) is 12.3 Å². The minimum Gasteiger partial charge on any atom is -0.491 e. The molecule has 2 N–H and O–H groups in total. The maximum absolute atomic E-state index is 10.3. The van der Waals surface area contributed by atoms with Gasteiger partial charge in [-0.25, -0.2) is 0 Å². The van der Waals surface area contributed by atoms with Crippen LogP contribution in [0.4, 0.5) is 5.69 Å². The lowest BCUT2D eigenvalue weighted by atomic mass is 10.2. The number of aliphatic imine (C=N–C) groups is 1. The number of aliphatic hydroxyl groups excluding tert-OH is 1. The van der Waals surface area contributed by atoms with Crippen LogP contribution in [0.3, 0.4) is 0 Å². The fourth-order valence-corrected chi connectivity index (χ4v) is 3.18. The number of piperazine rings is 1. The number of nitrogens with one attached hydrogen (secondary N) is 1. The van der Waals surface area contributed by atoms with Crippen molar-refractivity contribution in [2.24, 2.45) is 4.99 Å². The number of amidine groups is 1. The molecule has 0 radical (unpaired) electrons. The monoisotopic (exact) mass is 490 g/mol. The molecule has 7 nitrogen and oxygen atoms in total. The summed E-state index contributed by atoms with van der Waals surface area (Å²) in [5, 5.41) is 13.5. The maximum Gasteiger partial charge on any atom is 0.230 e. The van der Waals surface area contributed by atoms with Crippen LogP contribution in [-0.2, 0) is 4.74 Å². The van der Waals surface area contributed by atoms with Gasteiger partial charge >= 0.3 is 0 Å². The lowest BCUT2D eigenvalue weighted by Crippen LogP contribution is -2.47. The van der Waals surface area contributed by atoms with Crippen molar-refractivity contribution in [3.05, 3.63) is 47.3 Å². The maximum atomic E-state index is 10.3. The van der Waals surface area contributed by atoms with Gasteiger partial charge in [0, 0.05) is 44.5 Å². The molecule has 1 atom stereocenters. The molecule has 0 aromatic heterocycles. The second kappa shape index (κ2) is 13.2. The van der Waals surface area contributed by atoms with E-state index in [4.69, 9.17) is 15.9 Å². The molecule has 1 aromatic rings. The summed E-state index contributed by atoms with van der Waals surface area (Å²) in [6.07, 6.45) is 6.30. The van der Waals surface area contributed by atoms with Crippen LogP contribution in [0.25, 0.3) is 0 Å². The summed E-state index contributed by atoms with van der Waals surface area (Å²) in [6.45, 7) is 10.5. The fourth-order valence-electron chi connectivity index (χ4n) is 2.98. The molecule has 31 heavy (non-hydrogen) atoms. The molecule has 0 bridgehead atoms. The van der Waals surface area contributed by atoms with Gasteiger partial charge in [-0.2, -0.15) is 4.99 Å². The average Bonchev–Trinajstić information content (AvgIpc) is 2.76. The van der Waals surface area contributed by atoms with Crippen LogP contribution in [-0.4, -0.2) is 79.8 Å². The summed E-state index contributed by atoms with van der Waals surface area (Å²) in [5.41, 5.74) is 0.804. The van der Waals surface area contributed by atoms with E-state index in [1.807, 2.05) is 31.2 Å². The van der Waals surface area contributed by atoms with Crippen LogP contribution in [0.1, 0.15) is 6.92 Å². The first-order chi connectivity index (χ1) is 14.9. The van der Waals surface area contributed by atoms with Gasteiger partial charge in [-0.1, -0.05) is 18.6 Å². The van der Waals surface area contributed by atoms with Crippen LogP contribution in [0.2, 0.25) is 0 Å². The summed E-state index contributed by atoms with van der Waals surface area (Å²) in [7, 11) is 2.12. The Bertz CT molecular complexity index is 826. The molecule has 1 fully saturated rings. The van der Waals surface area contributed by atoms with Crippen molar-refractivity contribution in [1.29, 1.82) is 0 Å². The highest BCUT2D eigenvalue weighted by molar-refractivity contribution is 9.11. The summed E-state index contributed by atoms with van der Waals surface area (Å²) in [4.78, 5) is 8.97. The van der Waals surface area contributed by atoms with Crippen LogP contribution < -0.4 is 10.1 Å². The summed E-state index contributed by atoms with van der Waals surface area (Å²) in [6, 6.07) is 7.50. The Kier molecular flexibility index (Phi) is 10.6. The smallest absolute Gasteiger partial charge is 0.230 e. The Morgan fingerprint density at radius 1 is 1.42 bits per heavy atom. The molecule has 1 aromatic carbocycles. The number of β-amino-alcohol motifs (C(OH)–C–C–N with tert-alkyl or cyclic N) is 1. The highest BCUT2D eigenvalue weighted by Crippen LogP contribution is 2.19. The van der Waals surface area contributed by atoms with Gasteiger partial charge < -0.3 is 24.8 Å². The fraction of sp³-hybridized carbons (Fsp3) is 0.435. The number of benzene rings is 1. The Balaban J connectivity index is 1.90. The Morgan fingerprint density at radius 3 is 2.84 bits per heavy atom. The summed E-state index contributed by atoms with van der Waals surface area (Å²) >= 11 is 3.36. The minimum absolute atomic E-state index is 0.106. The molecule has 0 spiro atoms. The number of aliphatic hydroxyl groups is 1. The molecule has 8 heteroatoms. The molecule has 0 amide bonds. The predicted octanol–water partition coefficient (Wildman–Crippen LogP) is 2.90. The molecule has 2 rings (SSSR count). The first kappa shape index (κ1) is 25.0. The van der Waals surface area contributed by atoms with Crippen molar-refractivity contribution in [3.8, 4) is 18.1 Å². The molecule has 1 unspecified atom stereocenters. The van der Waals surface area contributed by atoms with Crippen molar-refractivity contribution in [2.75, 3.05) is 58.3 Å². The van der Waals surface area contributed by atoms with E-state index in [2.05, 4.69) is 55.6 Å². The van der Waals surface area contributed by atoms with E-state index in [9.17, 15) is 5.11 Å². The van der Waals surface area contributed by atoms with Crippen molar-refractivity contribution >= 4 is 27.5 Å². The standard InChI is InChI=1S/C23H31BrN4O3/c1-5-14-30-23(22(24)6-2)26-18(3)25-19-8-7-9-21(15-19)31-17-20(29)16-28-12-10-27(4)11-13-28/h1,6-9,15,20,29H,2,10-14,16-17H2,3-4H3,(H,25,26)/b23-22-. The van der Waals surface area contributed by atoms with Crippen LogP contribution in [0.15, 0.2) is 52.3 Å². The van der Waals surface area contributed by atoms with E-state index < -0.39 is 6.10 Å². The predicted molar refractivity (Wildman–Crippen MR) is 130 cm³/mol. The number of hydrogen-bond acceptors (Lipinski definition) is 6. The molecule has 1 heterocycles. The van der Waals surface area contributed by atoms with E-state index in [0.29, 0.717) is 28.5 Å². The Labute approximate surface area is 193 Å². The van der Waals surface area contributed by atoms with Gasteiger partial charge in [-0.05, 0) is 48.1 Å². The lowest BCUT2D eigenvalue weighted by Gasteiger charge is -2.33. The summed E-state index contributed by atoms with van der Waals surface area (Å²) < 4.78 is 11.9. The lowest BCUT2D eigenvalue weighted by molar-refractivity contribution is 0.0505. The number of rotatable bonds is 10. The number of likely N-dealkylation sites (N-methyl/N-ethyl adjacent to an activating group) is 1. The Hall–Kier alpha value is -2.31. The van der Waals surface area contributed by atoms with Crippen molar-refractivity contribution in [3.63, 3.8) is 0 Å². The quantitative estimate of drug-likeness (QED) is 0.173. The molecule has 0 saturated carbocycles. The minimum atomic E-state index is -0.541. The van der Waals surface area contributed by atoms with Gasteiger partial charge in [0.15, 0.2) is 6.61 Å². The Morgan fingerprint density at radius 2 is 2.16 bits per heavy atom. The van der Waals surface area contributed by atoms with Crippen LogP contribution >= 0.6 is 15.9 Å². The third kappa shape index (κ3) is 9.15. The zero-order valence-electron chi connectivity index (χ0n) is 18.2. The average molecular weight is 491 g/mol. The number of ether oxygens (including phenoxy) is 2. The van der Waals surface area contributed by atoms with Gasteiger partial charge in [0.1, 0.15) is 24.3 Å². The van der Waals surface area contributed by atoms with Crippen LogP contribution in [0.5, 0.6) is 5.75 Å². The first-order valence-corrected chi connectivity index (χ1v) is 10.9. The second-order valence-corrected chi connectivity index (χ2v) is 8.12. The third-order valence-electron chi connectivity index (χ3n) is 4.61. The van der Waals surface area contributed by atoms with E-state index in [1.54, 1.807) is 6.08 Å². The zero-order chi connectivity index (χ0) is 22.6. The molecule has 1 aliphatic rings. The molecular weight excluding hydrogens is 460 g/mol. The normalized spacial score (nSPS) is 17.3. The van der Waals surface area contributed by atoms with Gasteiger partial charge in [0.25, 0.3) is 0 Å². The van der Waals surface area contributed by atoms with Gasteiger partial charge in [0.05, 0.1) is 4.48 Å². The molecule has 1 aliphatic heterocycles. The van der Waals surface area contributed by atoms with Gasteiger partial charge in [-0.15, -0.1) is 6.42 Å². The number of hydrogen-bond donors (Lipinski definition) is 2. The van der Waals surface area contributed by atoms with Gasteiger partial charge in [0.2, 0.25) is 5.88 Å². The van der Waals surface area contributed by atoms with E-state index >= 15 is 0 Å². The van der Waals surface area contributed by atoms with Crippen molar-refractivity contribution in [1.82, 2.24) is 9.80 Å². The number of nitrogens with zero attached hydrogens (tertiary/aromatic N) is 3. The largest absolute Gasteiger partial charge is 0.491 e. The molecule has 168 valence electrons. The van der Waals surface area contributed by atoms with Gasteiger partial charge in [-0.3, -0.25) is 4.90 Å². The van der Waals surface area contributed by atoms with E-state index in [-0.39, 0.29) is 13.2 Å². The van der Waals surface area contributed by atoms with E-state index in [0.717, 1.165) is 31.9 Å². The van der Waals surface area contributed by atoms with Crippen molar-refractivity contribution in [2.45, 2.75) is 13.0 Å². The molecule has 0 aliphatic carbocycles. The molecule has 1 saturated heterocycles. The topological polar surface area (TPSA) is 69.6 Å². The number of allylic oxidation sites excluding steroid dienone is 2. The SMILES string of the molecule is C#CCOC(/N=C(\C)Nc1cccc(OCC(O)CN2CCN(C)CC2)c1)=C(\Br)C=C. The third-order valence-corrected chi connectivity index (χ3v) is 5.27. The number of anilines is 1. The molecular formula is C23H31BrN4O3. The first-order valence-electron chi connectivity index (χ1n) is 10.1. The van der Waals surface area contributed by atoms with Crippen molar-refractivity contribution < 1.29 is 14.6 Å². The number of terminal acetylenes is 1. The van der Waals surface area contributed by atoms with E-state index in [1.165, 1.54) is 0 Å².